The predicted molar refractivity (Wildman–Crippen MR) is 98.2 cm³/mol. The van der Waals surface area contributed by atoms with Gasteiger partial charge in [-0.3, -0.25) is 9.59 Å². The first-order chi connectivity index (χ1) is 12.5. The molecule has 2 aromatic carbocycles. The Kier molecular flexibility index (Phi) is 6.91. The number of carboxylic acid groups (broad SMARTS) is 1. The molecule has 0 radical (unpaired) electrons. The first kappa shape index (κ1) is 19.2. The Bertz CT molecular complexity index is 802. The molecule has 0 aromatic heterocycles. The highest BCUT2D eigenvalue weighted by molar-refractivity contribution is 5.94. The van der Waals surface area contributed by atoms with Crippen molar-refractivity contribution < 1.29 is 19.5 Å². The van der Waals surface area contributed by atoms with E-state index in [0.717, 1.165) is 5.56 Å². The Labute approximate surface area is 152 Å². The van der Waals surface area contributed by atoms with Crippen molar-refractivity contribution in [1.29, 1.82) is 0 Å². The Hall–Kier alpha value is -3.15. The first-order valence-corrected chi connectivity index (χ1v) is 8.40. The van der Waals surface area contributed by atoms with Crippen molar-refractivity contribution in [3.8, 4) is 0 Å². The lowest BCUT2D eigenvalue weighted by Crippen LogP contribution is -2.34. The SMILES string of the molecule is Cc1cccc(C(=O)NCCNC(=O)CCc2ccccc2C(=O)O)c1. The van der Waals surface area contributed by atoms with Gasteiger partial charge in [0.05, 0.1) is 5.56 Å². The summed E-state index contributed by atoms with van der Waals surface area (Å²) in [4.78, 5) is 35.0. The zero-order valence-corrected chi connectivity index (χ0v) is 14.6. The number of carboxylic acids is 1. The number of carbonyl (C=O) groups excluding carboxylic acids is 2. The second-order valence-corrected chi connectivity index (χ2v) is 5.94. The highest BCUT2D eigenvalue weighted by Crippen LogP contribution is 2.11. The molecule has 0 aliphatic heterocycles. The molecule has 2 amide bonds. The molecule has 0 spiro atoms. The second-order valence-electron chi connectivity index (χ2n) is 5.94. The smallest absolute Gasteiger partial charge is 0.335 e. The van der Waals surface area contributed by atoms with E-state index < -0.39 is 5.97 Å². The van der Waals surface area contributed by atoms with Gasteiger partial charge in [0.25, 0.3) is 5.91 Å². The fraction of sp³-hybridized carbons (Fsp3) is 0.250. The molecule has 0 saturated heterocycles. The Morgan fingerprint density at radius 1 is 0.962 bits per heavy atom. The van der Waals surface area contributed by atoms with Crippen LogP contribution in [0.5, 0.6) is 0 Å². The number of amides is 2. The Morgan fingerprint density at radius 3 is 2.42 bits per heavy atom. The van der Waals surface area contributed by atoms with Crippen LogP contribution in [-0.2, 0) is 11.2 Å². The van der Waals surface area contributed by atoms with Gasteiger partial charge in [-0.05, 0) is 37.1 Å². The van der Waals surface area contributed by atoms with Gasteiger partial charge in [-0.25, -0.2) is 4.79 Å². The fourth-order valence-corrected chi connectivity index (χ4v) is 2.55. The molecule has 0 fully saturated rings. The van der Waals surface area contributed by atoms with E-state index in [9.17, 15) is 14.4 Å². The molecular weight excluding hydrogens is 332 g/mol. The molecule has 2 rings (SSSR count). The highest BCUT2D eigenvalue weighted by atomic mass is 16.4. The molecule has 0 unspecified atom stereocenters. The molecule has 6 nitrogen and oxygen atoms in total. The standard InChI is InChI=1S/C20H22N2O4/c1-14-5-4-7-16(13-14)19(24)22-12-11-21-18(23)10-9-15-6-2-3-8-17(15)20(25)26/h2-8,13H,9-12H2,1H3,(H,21,23)(H,22,24)(H,25,26). The quantitative estimate of drug-likeness (QED) is 0.633. The van der Waals surface area contributed by atoms with Gasteiger partial charge < -0.3 is 15.7 Å². The lowest BCUT2D eigenvalue weighted by molar-refractivity contribution is -0.121. The van der Waals surface area contributed by atoms with E-state index in [0.29, 0.717) is 30.6 Å². The van der Waals surface area contributed by atoms with Crippen LogP contribution in [0, 0.1) is 6.92 Å². The predicted octanol–water partition coefficient (Wildman–Crippen LogP) is 2.17. The largest absolute Gasteiger partial charge is 0.478 e. The van der Waals surface area contributed by atoms with Crippen molar-refractivity contribution in [3.63, 3.8) is 0 Å². The Morgan fingerprint density at radius 2 is 1.69 bits per heavy atom. The fourth-order valence-electron chi connectivity index (χ4n) is 2.55. The molecule has 3 N–H and O–H groups in total. The van der Waals surface area contributed by atoms with Crippen molar-refractivity contribution in [1.82, 2.24) is 10.6 Å². The van der Waals surface area contributed by atoms with Crippen LogP contribution in [0.1, 0.15) is 38.3 Å². The molecule has 0 bridgehead atoms. The van der Waals surface area contributed by atoms with Crippen molar-refractivity contribution >= 4 is 17.8 Å². The Balaban J connectivity index is 1.71. The summed E-state index contributed by atoms with van der Waals surface area (Å²) in [6.45, 7) is 2.56. The maximum atomic E-state index is 12.0. The number of hydrogen-bond acceptors (Lipinski definition) is 3. The summed E-state index contributed by atoms with van der Waals surface area (Å²) in [6, 6.07) is 13.9. The van der Waals surface area contributed by atoms with Crippen LogP contribution in [0.3, 0.4) is 0 Å². The van der Waals surface area contributed by atoms with E-state index in [2.05, 4.69) is 10.6 Å². The minimum Gasteiger partial charge on any atom is -0.478 e. The van der Waals surface area contributed by atoms with E-state index in [4.69, 9.17) is 5.11 Å². The summed E-state index contributed by atoms with van der Waals surface area (Å²) in [5.74, 6) is -1.37. The summed E-state index contributed by atoms with van der Waals surface area (Å²) in [5.41, 5.74) is 2.43. The number of rotatable bonds is 8. The number of nitrogens with one attached hydrogen (secondary N) is 2. The van der Waals surface area contributed by atoms with Crippen LogP contribution < -0.4 is 10.6 Å². The van der Waals surface area contributed by atoms with Gasteiger partial charge in [0.1, 0.15) is 0 Å². The zero-order valence-electron chi connectivity index (χ0n) is 14.6. The maximum absolute atomic E-state index is 12.0. The lowest BCUT2D eigenvalue weighted by Gasteiger charge is -2.08. The third-order valence-electron chi connectivity index (χ3n) is 3.88. The summed E-state index contributed by atoms with van der Waals surface area (Å²) in [6.07, 6.45) is 0.542. The van der Waals surface area contributed by atoms with E-state index >= 15 is 0 Å². The van der Waals surface area contributed by atoms with Crippen LogP contribution in [0.4, 0.5) is 0 Å². The molecule has 2 aromatic rings. The summed E-state index contributed by atoms with van der Waals surface area (Å²) in [7, 11) is 0. The lowest BCUT2D eigenvalue weighted by atomic mass is 10.0. The van der Waals surface area contributed by atoms with Gasteiger partial charge in [-0.1, -0.05) is 35.9 Å². The van der Waals surface area contributed by atoms with Gasteiger partial charge >= 0.3 is 5.97 Å². The van der Waals surface area contributed by atoms with Gasteiger partial charge in [0.2, 0.25) is 5.91 Å². The number of benzene rings is 2. The maximum Gasteiger partial charge on any atom is 0.335 e. The first-order valence-electron chi connectivity index (χ1n) is 8.40. The monoisotopic (exact) mass is 354 g/mol. The highest BCUT2D eigenvalue weighted by Gasteiger charge is 2.10. The third-order valence-corrected chi connectivity index (χ3v) is 3.88. The van der Waals surface area contributed by atoms with Crippen molar-refractivity contribution in [3.05, 3.63) is 70.8 Å². The minimum atomic E-state index is -1.00. The molecule has 6 heteroatoms. The van der Waals surface area contributed by atoms with Crippen LogP contribution in [-0.4, -0.2) is 36.0 Å². The van der Waals surface area contributed by atoms with Crippen molar-refractivity contribution in [2.24, 2.45) is 0 Å². The zero-order chi connectivity index (χ0) is 18.9. The van der Waals surface area contributed by atoms with Crippen LogP contribution >= 0.6 is 0 Å². The van der Waals surface area contributed by atoms with E-state index in [1.54, 1.807) is 30.3 Å². The van der Waals surface area contributed by atoms with Crippen LogP contribution in [0.15, 0.2) is 48.5 Å². The molecule has 0 saturated carbocycles. The number of hydrogen-bond donors (Lipinski definition) is 3. The minimum absolute atomic E-state index is 0.182. The van der Waals surface area contributed by atoms with E-state index in [1.165, 1.54) is 6.07 Å². The summed E-state index contributed by atoms with van der Waals surface area (Å²) >= 11 is 0. The molecule has 26 heavy (non-hydrogen) atoms. The number of aromatic carboxylic acids is 1. The number of aryl methyl sites for hydroxylation is 2. The van der Waals surface area contributed by atoms with E-state index in [-0.39, 0.29) is 23.8 Å². The average molecular weight is 354 g/mol. The van der Waals surface area contributed by atoms with Gasteiger partial charge in [-0.15, -0.1) is 0 Å². The topological polar surface area (TPSA) is 95.5 Å². The van der Waals surface area contributed by atoms with Gasteiger partial charge in [-0.2, -0.15) is 0 Å². The van der Waals surface area contributed by atoms with Crippen LogP contribution in [0.25, 0.3) is 0 Å². The molecule has 0 heterocycles. The second kappa shape index (κ2) is 9.36. The van der Waals surface area contributed by atoms with Gasteiger partial charge in [0.15, 0.2) is 0 Å². The average Bonchev–Trinajstić information content (AvgIpc) is 2.63. The van der Waals surface area contributed by atoms with Crippen LogP contribution in [0.2, 0.25) is 0 Å². The molecular formula is C20H22N2O4. The number of carbonyl (C=O) groups is 3. The summed E-state index contributed by atoms with van der Waals surface area (Å²) in [5, 5.41) is 14.6. The van der Waals surface area contributed by atoms with E-state index in [1.807, 2.05) is 19.1 Å². The molecule has 136 valence electrons. The third kappa shape index (κ3) is 5.73. The normalized spacial score (nSPS) is 10.2. The molecule has 0 atom stereocenters. The summed E-state index contributed by atoms with van der Waals surface area (Å²) < 4.78 is 0. The van der Waals surface area contributed by atoms with Crippen molar-refractivity contribution in [2.45, 2.75) is 19.8 Å². The molecule has 0 aliphatic rings. The van der Waals surface area contributed by atoms with Gasteiger partial charge in [0, 0.05) is 25.1 Å². The van der Waals surface area contributed by atoms with Crippen molar-refractivity contribution in [2.75, 3.05) is 13.1 Å². The molecule has 0 aliphatic carbocycles.